The third kappa shape index (κ3) is 5.46. The highest BCUT2D eigenvalue weighted by Gasteiger charge is 2.18. The predicted octanol–water partition coefficient (Wildman–Crippen LogP) is 3.03. The summed E-state index contributed by atoms with van der Waals surface area (Å²) in [6, 6.07) is 0.501. The van der Waals surface area contributed by atoms with Gasteiger partial charge in [0.1, 0.15) is 0 Å². The smallest absolute Gasteiger partial charge is 0.0897 e. The Labute approximate surface area is 115 Å². The summed E-state index contributed by atoms with van der Waals surface area (Å²) >= 11 is 1.74. The van der Waals surface area contributed by atoms with Gasteiger partial charge in [-0.2, -0.15) is 0 Å². The van der Waals surface area contributed by atoms with Crippen molar-refractivity contribution in [2.24, 2.45) is 5.92 Å². The molecule has 0 fully saturated rings. The molecule has 0 bridgehead atoms. The Hall–Kier alpha value is -0.450. The molecule has 1 N–H and O–H groups in total. The van der Waals surface area contributed by atoms with Crippen molar-refractivity contribution < 1.29 is 4.74 Å². The summed E-state index contributed by atoms with van der Waals surface area (Å²) in [5, 5.41) is 6.98. The first-order chi connectivity index (χ1) is 8.67. The maximum absolute atomic E-state index is 5.18. The van der Waals surface area contributed by atoms with Crippen molar-refractivity contribution in [3.63, 3.8) is 0 Å². The molecule has 104 valence electrons. The van der Waals surface area contributed by atoms with Crippen molar-refractivity contribution in [3.8, 4) is 0 Å². The van der Waals surface area contributed by atoms with Crippen molar-refractivity contribution in [1.82, 2.24) is 10.3 Å². The van der Waals surface area contributed by atoms with Crippen molar-refractivity contribution in [1.29, 1.82) is 0 Å². The summed E-state index contributed by atoms with van der Waals surface area (Å²) in [5.74, 6) is 0.610. The van der Waals surface area contributed by atoms with E-state index in [0.29, 0.717) is 12.0 Å². The van der Waals surface area contributed by atoms with E-state index in [4.69, 9.17) is 4.74 Å². The lowest BCUT2D eigenvalue weighted by Gasteiger charge is -2.24. The second-order valence-corrected chi connectivity index (χ2v) is 5.94. The molecule has 18 heavy (non-hydrogen) atoms. The van der Waals surface area contributed by atoms with Crippen LogP contribution in [0, 0.1) is 12.8 Å². The van der Waals surface area contributed by atoms with E-state index in [1.807, 2.05) is 0 Å². The molecule has 0 saturated heterocycles. The monoisotopic (exact) mass is 270 g/mol. The average molecular weight is 270 g/mol. The molecule has 1 aromatic heterocycles. The van der Waals surface area contributed by atoms with Crippen LogP contribution in [-0.2, 0) is 11.2 Å². The molecular weight excluding hydrogens is 244 g/mol. The molecular formula is C14H26N2OS. The number of hydrogen-bond acceptors (Lipinski definition) is 4. The molecule has 0 aromatic carbocycles. The van der Waals surface area contributed by atoms with E-state index in [-0.39, 0.29) is 0 Å². The van der Waals surface area contributed by atoms with Gasteiger partial charge in [0, 0.05) is 31.6 Å². The molecule has 2 atom stereocenters. The molecule has 0 aliphatic rings. The van der Waals surface area contributed by atoms with Gasteiger partial charge in [-0.05, 0) is 32.2 Å². The van der Waals surface area contributed by atoms with Gasteiger partial charge in [-0.3, -0.25) is 0 Å². The summed E-state index contributed by atoms with van der Waals surface area (Å²) in [6.45, 7) is 8.48. The third-order valence-electron chi connectivity index (χ3n) is 3.22. The highest BCUT2D eigenvalue weighted by Crippen LogP contribution is 2.16. The van der Waals surface area contributed by atoms with Crippen LogP contribution in [0.25, 0.3) is 0 Å². The molecule has 1 aromatic rings. The standard InChI is InChI=1S/C14H26N2OS/c1-5-7-15-14(11(2)6-8-17-4)9-13-10-18-12(3)16-13/h10-11,14-15H,5-9H2,1-4H3. The average Bonchev–Trinajstić information content (AvgIpc) is 2.77. The molecule has 3 nitrogen and oxygen atoms in total. The number of ether oxygens (including phenoxy) is 1. The van der Waals surface area contributed by atoms with E-state index in [2.05, 4.69) is 36.5 Å². The van der Waals surface area contributed by atoms with Crippen LogP contribution in [0.2, 0.25) is 0 Å². The Balaban J connectivity index is 2.53. The van der Waals surface area contributed by atoms with E-state index >= 15 is 0 Å². The molecule has 1 heterocycles. The van der Waals surface area contributed by atoms with Gasteiger partial charge >= 0.3 is 0 Å². The number of hydrogen-bond donors (Lipinski definition) is 1. The van der Waals surface area contributed by atoms with Crippen molar-refractivity contribution in [2.45, 2.75) is 46.1 Å². The van der Waals surface area contributed by atoms with Crippen LogP contribution in [0.5, 0.6) is 0 Å². The van der Waals surface area contributed by atoms with Crippen LogP contribution in [0.4, 0.5) is 0 Å². The predicted molar refractivity (Wildman–Crippen MR) is 78.3 cm³/mol. The highest BCUT2D eigenvalue weighted by molar-refractivity contribution is 7.09. The van der Waals surface area contributed by atoms with Gasteiger partial charge in [0.15, 0.2) is 0 Å². The fraction of sp³-hybridized carbons (Fsp3) is 0.786. The topological polar surface area (TPSA) is 34.2 Å². The van der Waals surface area contributed by atoms with Gasteiger partial charge in [0.05, 0.1) is 10.7 Å². The molecule has 1 rings (SSSR count). The van der Waals surface area contributed by atoms with Crippen LogP contribution >= 0.6 is 11.3 Å². The number of thiazole rings is 1. The number of nitrogens with one attached hydrogen (secondary N) is 1. The zero-order valence-corrected chi connectivity index (χ0v) is 12.8. The minimum absolute atomic E-state index is 0.501. The highest BCUT2D eigenvalue weighted by atomic mass is 32.1. The fourth-order valence-electron chi connectivity index (χ4n) is 2.04. The summed E-state index contributed by atoms with van der Waals surface area (Å²) < 4.78 is 5.18. The van der Waals surface area contributed by atoms with E-state index in [1.165, 1.54) is 12.1 Å². The molecule has 0 aliphatic heterocycles. The minimum Gasteiger partial charge on any atom is -0.385 e. The number of aromatic nitrogens is 1. The Bertz CT molecular complexity index is 327. The molecule has 4 heteroatoms. The lowest BCUT2D eigenvalue weighted by atomic mass is 9.94. The molecule has 0 saturated carbocycles. The summed E-state index contributed by atoms with van der Waals surface area (Å²) in [5.41, 5.74) is 1.22. The molecule has 0 aliphatic carbocycles. The Morgan fingerprint density at radius 1 is 1.50 bits per heavy atom. The SMILES string of the molecule is CCCNC(Cc1csc(C)n1)C(C)CCOC. The second kappa shape index (κ2) is 8.62. The number of aryl methyl sites for hydroxylation is 1. The van der Waals surface area contributed by atoms with Gasteiger partial charge in [0.2, 0.25) is 0 Å². The maximum atomic E-state index is 5.18. The Morgan fingerprint density at radius 2 is 2.28 bits per heavy atom. The lowest BCUT2D eigenvalue weighted by molar-refractivity contribution is 0.169. The molecule has 0 spiro atoms. The summed E-state index contributed by atoms with van der Waals surface area (Å²) in [7, 11) is 1.77. The number of rotatable bonds is 9. The van der Waals surface area contributed by atoms with Crippen molar-refractivity contribution in [3.05, 3.63) is 16.1 Å². The largest absolute Gasteiger partial charge is 0.385 e. The zero-order chi connectivity index (χ0) is 13.4. The Morgan fingerprint density at radius 3 is 2.83 bits per heavy atom. The van der Waals surface area contributed by atoms with Crippen LogP contribution < -0.4 is 5.32 Å². The van der Waals surface area contributed by atoms with Crippen LogP contribution in [0.1, 0.15) is 37.4 Å². The quantitative estimate of drug-likeness (QED) is 0.749. The number of methoxy groups -OCH3 is 1. The normalized spacial score (nSPS) is 14.7. The van der Waals surface area contributed by atoms with Gasteiger partial charge in [-0.15, -0.1) is 11.3 Å². The minimum atomic E-state index is 0.501. The maximum Gasteiger partial charge on any atom is 0.0897 e. The van der Waals surface area contributed by atoms with E-state index in [9.17, 15) is 0 Å². The van der Waals surface area contributed by atoms with E-state index in [0.717, 1.165) is 31.0 Å². The zero-order valence-electron chi connectivity index (χ0n) is 12.0. The molecule has 0 radical (unpaired) electrons. The van der Waals surface area contributed by atoms with Gasteiger partial charge in [-0.1, -0.05) is 13.8 Å². The first kappa shape index (κ1) is 15.6. The first-order valence-corrected chi connectivity index (χ1v) is 7.68. The van der Waals surface area contributed by atoms with Crippen LogP contribution in [-0.4, -0.2) is 31.3 Å². The third-order valence-corrected chi connectivity index (χ3v) is 4.04. The van der Waals surface area contributed by atoms with Gasteiger partial charge in [-0.25, -0.2) is 4.98 Å². The van der Waals surface area contributed by atoms with Crippen LogP contribution in [0.15, 0.2) is 5.38 Å². The summed E-state index contributed by atoms with van der Waals surface area (Å²) in [6.07, 6.45) is 3.29. The van der Waals surface area contributed by atoms with E-state index < -0.39 is 0 Å². The Kier molecular flexibility index (Phi) is 7.47. The van der Waals surface area contributed by atoms with Crippen molar-refractivity contribution in [2.75, 3.05) is 20.3 Å². The molecule has 0 amide bonds. The van der Waals surface area contributed by atoms with E-state index in [1.54, 1.807) is 18.4 Å². The van der Waals surface area contributed by atoms with Gasteiger partial charge in [0.25, 0.3) is 0 Å². The van der Waals surface area contributed by atoms with Crippen molar-refractivity contribution >= 4 is 11.3 Å². The first-order valence-electron chi connectivity index (χ1n) is 6.80. The van der Waals surface area contributed by atoms with Gasteiger partial charge < -0.3 is 10.1 Å². The second-order valence-electron chi connectivity index (χ2n) is 4.88. The lowest BCUT2D eigenvalue weighted by Crippen LogP contribution is -2.38. The van der Waals surface area contributed by atoms with Crippen LogP contribution in [0.3, 0.4) is 0 Å². The summed E-state index contributed by atoms with van der Waals surface area (Å²) in [4.78, 5) is 4.57. The number of nitrogens with zero attached hydrogens (tertiary/aromatic N) is 1. The molecule has 2 unspecified atom stereocenters. The fourth-order valence-corrected chi connectivity index (χ4v) is 2.66.